The van der Waals surface area contributed by atoms with Gasteiger partial charge in [0.15, 0.2) is 0 Å². The van der Waals surface area contributed by atoms with Crippen molar-refractivity contribution in [3.8, 4) is 0 Å². The molecule has 0 aliphatic carbocycles. The van der Waals surface area contributed by atoms with Crippen molar-refractivity contribution in [1.29, 1.82) is 0 Å². The van der Waals surface area contributed by atoms with Crippen molar-refractivity contribution in [2.45, 2.75) is 19.5 Å². The van der Waals surface area contributed by atoms with E-state index in [0.717, 1.165) is 6.54 Å². The van der Waals surface area contributed by atoms with Crippen molar-refractivity contribution < 1.29 is 4.42 Å². The summed E-state index contributed by atoms with van der Waals surface area (Å²) in [4.78, 5) is 1.37. The van der Waals surface area contributed by atoms with Gasteiger partial charge in [0.25, 0.3) is 0 Å². The first-order chi connectivity index (χ1) is 6.86. The van der Waals surface area contributed by atoms with Crippen molar-refractivity contribution >= 4 is 11.3 Å². The van der Waals surface area contributed by atoms with E-state index < -0.39 is 0 Å². The van der Waals surface area contributed by atoms with E-state index in [9.17, 15) is 0 Å². The number of hydrogen-bond acceptors (Lipinski definition) is 3. The van der Waals surface area contributed by atoms with Gasteiger partial charge in [-0.2, -0.15) is 0 Å². The Labute approximate surface area is 87.6 Å². The molecule has 14 heavy (non-hydrogen) atoms. The summed E-state index contributed by atoms with van der Waals surface area (Å²) in [5, 5.41) is 5.54. The van der Waals surface area contributed by atoms with E-state index >= 15 is 0 Å². The Morgan fingerprint density at radius 2 is 2.43 bits per heavy atom. The van der Waals surface area contributed by atoms with Crippen molar-refractivity contribution in [2.24, 2.45) is 0 Å². The minimum Gasteiger partial charge on any atom is -0.472 e. The summed E-state index contributed by atoms with van der Waals surface area (Å²) in [5.74, 6) is 0. The van der Waals surface area contributed by atoms with Gasteiger partial charge in [0.2, 0.25) is 0 Å². The molecule has 0 amide bonds. The monoisotopic (exact) mass is 207 g/mol. The second-order valence-electron chi connectivity index (χ2n) is 3.25. The van der Waals surface area contributed by atoms with Crippen molar-refractivity contribution in [1.82, 2.24) is 5.32 Å². The van der Waals surface area contributed by atoms with Crippen molar-refractivity contribution in [3.63, 3.8) is 0 Å². The van der Waals surface area contributed by atoms with Crippen LogP contribution in [0.25, 0.3) is 0 Å². The predicted octanol–water partition coefficient (Wildman–Crippen LogP) is 3.19. The lowest BCUT2D eigenvalue weighted by Gasteiger charge is -2.10. The van der Waals surface area contributed by atoms with Gasteiger partial charge in [0, 0.05) is 23.0 Å². The molecule has 0 spiro atoms. The van der Waals surface area contributed by atoms with Gasteiger partial charge in [-0.1, -0.05) is 6.07 Å². The Morgan fingerprint density at radius 3 is 3.07 bits per heavy atom. The largest absolute Gasteiger partial charge is 0.472 e. The van der Waals surface area contributed by atoms with Gasteiger partial charge < -0.3 is 9.73 Å². The lowest BCUT2D eigenvalue weighted by atomic mass is 10.2. The van der Waals surface area contributed by atoms with E-state index in [4.69, 9.17) is 4.42 Å². The molecule has 0 saturated heterocycles. The maximum atomic E-state index is 5.00. The Morgan fingerprint density at radius 1 is 1.50 bits per heavy atom. The van der Waals surface area contributed by atoms with Gasteiger partial charge >= 0.3 is 0 Å². The van der Waals surface area contributed by atoms with Crippen LogP contribution in [0.15, 0.2) is 40.5 Å². The molecular weight excluding hydrogens is 194 g/mol. The molecule has 0 fully saturated rings. The summed E-state index contributed by atoms with van der Waals surface area (Å²) in [5.41, 5.74) is 1.19. The number of nitrogens with one attached hydrogen (secondary N) is 1. The molecule has 2 heterocycles. The maximum absolute atomic E-state index is 5.00. The van der Waals surface area contributed by atoms with Crippen LogP contribution in [0, 0.1) is 0 Å². The quantitative estimate of drug-likeness (QED) is 0.833. The van der Waals surface area contributed by atoms with Crippen LogP contribution in [0.1, 0.15) is 23.4 Å². The van der Waals surface area contributed by atoms with Crippen LogP contribution in [0.4, 0.5) is 0 Å². The molecule has 2 nitrogen and oxygen atoms in total. The lowest BCUT2D eigenvalue weighted by molar-refractivity contribution is 0.549. The normalized spacial score (nSPS) is 12.9. The highest BCUT2D eigenvalue weighted by molar-refractivity contribution is 7.10. The average Bonchev–Trinajstić information content (AvgIpc) is 2.87. The van der Waals surface area contributed by atoms with Gasteiger partial charge in [-0.05, 0) is 24.4 Å². The number of thiophene rings is 1. The summed E-state index contributed by atoms with van der Waals surface area (Å²) in [6, 6.07) is 6.62. The van der Waals surface area contributed by atoms with E-state index in [1.807, 2.05) is 6.07 Å². The maximum Gasteiger partial charge on any atom is 0.0947 e. The first-order valence-corrected chi connectivity index (χ1v) is 5.52. The fraction of sp³-hybridized carbons (Fsp3) is 0.273. The Bertz CT molecular complexity index is 353. The third-order valence-electron chi connectivity index (χ3n) is 2.16. The van der Waals surface area contributed by atoms with Gasteiger partial charge in [0.05, 0.1) is 12.5 Å². The zero-order chi connectivity index (χ0) is 9.80. The molecule has 0 bridgehead atoms. The van der Waals surface area contributed by atoms with Crippen molar-refractivity contribution in [3.05, 3.63) is 46.5 Å². The van der Waals surface area contributed by atoms with Crippen LogP contribution in [-0.2, 0) is 6.54 Å². The van der Waals surface area contributed by atoms with Crippen LogP contribution >= 0.6 is 11.3 Å². The first-order valence-electron chi connectivity index (χ1n) is 4.64. The fourth-order valence-corrected chi connectivity index (χ4v) is 2.06. The highest BCUT2D eigenvalue weighted by atomic mass is 32.1. The standard InChI is InChI=1S/C11H13NOS/c1-9(11-3-2-6-14-11)12-7-10-4-5-13-8-10/h2-6,8-9,12H,7H2,1H3. The summed E-state index contributed by atoms with van der Waals surface area (Å²) in [6.07, 6.45) is 3.47. The fourth-order valence-electron chi connectivity index (χ4n) is 1.30. The second kappa shape index (κ2) is 4.44. The molecule has 2 aromatic heterocycles. The molecule has 0 aromatic carbocycles. The van der Waals surface area contributed by atoms with E-state index in [1.54, 1.807) is 23.9 Å². The summed E-state index contributed by atoms with van der Waals surface area (Å²) < 4.78 is 5.00. The molecule has 1 N–H and O–H groups in total. The summed E-state index contributed by atoms with van der Waals surface area (Å²) in [7, 11) is 0. The van der Waals surface area contributed by atoms with Crippen LogP contribution in [0.3, 0.4) is 0 Å². The number of hydrogen-bond donors (Lipinski definition) is 1. The zero-order valence-electron chi connectivity index (χ0n) is 8.07. The minimum atomic E-state index is 0.407. The van der Waals surface area contributed by atoms with E-state index in [0.29, 0.717) is 6.04 Å². The molecule has 1 unspecified atom stereocenters. The SMILES string of the molecule is CC(NCc1ccoc1)c1cccs1. The Balaban J connectivity index is 1.87. The van der Waals surface area contributed by atoms with Crippen molar-refractivity contribution in [2.75, 3.05) is 0 Å². The van der Waals surface area contributed by atoms with Gasteiger partial charge in [0.1, 0.15) is 0 Å². The Hall–Kier alpha value is -1.06. The molecule has 0 aliphatic heterocycles. The molecule has 0 saturated carbocycles. The van der Waals surface area contributed by atoms with E-state index in [1.165, 1.54) is 10.4 Å². The van der Waals surface area contributed by atoms with E-state index in [-0.39, 0.29) is 0 Å². The Kier molecular flexibility index (Phi) is 3.01. The molecule has 3 heteroatoms. The molecular formula is C11H13NOS. The lowest BCUT2D eigenvalue weighted by Crippen LogP contribution is -2.16. The van der Waals surface area contributed by atoms with E-state index in [2.05, 4.69) is 29.8 Å². The minimum absolute atomic E-state index is 0.407. The molecule has 2 rings (SSSR count). The molecule has 1 atom stereocenters. The molecule has 0 aliphatic rings. The van der Waals surface area contributed by atoms with Crippen LogP contribution in [0.2, 0.25) is 0 Å². The smallest absolute Gasteiger partial charge is 0.0947 e. The predicted molar refractivity (Wildman–Crippen MR) is 58.3 cm³/mol. The van der Waals surface area contributed by atoms with Crippen LogP contribution in [0.5, 0.6) is 0 Å². The molecule has 0 radical (unpaired) electrons. The highest BCUT2D eigenvalue weighted by Gasteiger charge is 2.05. The summed E-state index contributed by atoms with van der Waals surface area (Å²) in [6.45, 7) is 3.03. The number of rotatable bonds is 4. The highest BCUT2D eigenvalue weighted by Crippen LogP contribution is 2.18. The third-order valence-corrected chi connectivity index (χ3v) is 3.22. The van der Waals surface area contributed by atoms with Gasteiger partial charge in [-0.3, -0.25) is 0 Å². The first kappa shape index (κ1) is 9.49. The third kappa shape index (κ3) is 2.25. The topological polar surface area (TPSA) is 25.2 Å². The second-order valence-corrected chi connectivity index (χ2v) is 4.23. The number of furan rings is 1. The summed E-state index contributed by atoms with van der Waals surface area (Å²) >= 11 is 1.78. The molecule has 2 aromatic rings. The van der Waals surface area contributed by atoms with Gasteiger partial charge in [-0.25, -0.2) is 0 Å². The van der Waals surface area contributed by atoms with Gasteiger partial charge in [-0.15, -0.1) is 11.3 Å². The molecule has 74 valence electrons. The average molecular weight is 207 g/mol. The zero-order valence-corrected chi connectivity index (χ0v) is 8.88. The van der Waals surface area contributed by atoms with Crippen LogP contribution < -0.4 is 5.32 Å². The van der Waals surface area contributed by atoms with Crippen LogP contribution in [-0.4, -0.2) is 0 Å².